The zero-order chi connectivity index (χ0) is 10.6. The molecule has 0 spiro atoms. The Morgan fingerprint density at radius 3 is 2.79 bits per heavy atom. The minimum absolute atomic E-state index is 0.378. The van der Waals surface area contributed by atoms with Crippen molar-refractivity contribution >= 4 is 11.7 Å². The highest BCUT2D eigenvalue weighted by molar-refractivity contribution is 5.90. The van der Waals surface area contributed by atoms with E-state index in [0.717, 1.165) is 0 Å². The predicted molar refractivity (Wildman–Crippen MR) is 52.0 cm³/mol. The molecule has 1 rings (SSSR count). The second-order valence-electron chi connectivity index (χ2n) is 2.61. The fourth-order valence-corrected chi connectivity index (χ4v) is 1.10. The Kier molecular flexibility index (Phi) is 3.08. The van der Waals surface area contributed by atoms with Crippen molar-refractivity contribution in [2.45, 2.75) is 0 Å². The number of carbonyl (C=O) groups is 1. The Bertz CT molecular complexity index is 394. The van der Waals surface area contributed by atoms with Crippen LogP contribution in [0.2, 0.25) is 0 Å². The molecule has 0 aliphatic heterocycles. The zero-order valence-electron chi connectivity index (χ0n) is 8.00. The fraction of sp³-hybridized carbons (Fsp3) is 0.200. The summed E-state index contributed by atoms with van der Waals surface area (Å²) in [6.07, 6.45) is 0. The van der Waals surface area contributed by atoms with Gasteiger partial charge in [-0.05, 0) is 18.2 Å². The number of benzene rings is 1. The third-order valence-corrected chi connectivity index (χ3v) is 1.83. The number of anilines is 1. The summed E-state index contributed by atoms with van der Waals surface area (Å²) in [4.78, 5) is 11.1. The van der Waals surface area contributed by atoms with Gasteiger partial charge in [0.2, 0.25) is 0 Å². The number of nitriles is 1. The first-order chi connectivity index (χ1) is 6.72. The number of hydrogen-bond acceptors (Lipinski definition) is 4. The van der Waals surface area contributed by atoms with Gasteiger partial charge in [0.1, 0.15) is 6.07 Å². The van der Waals surface area contributed by atoms with Crippen LogP contribution in [-0.2, 0) is 4.74 Å². The Morgan fingerprint density at radius 2 is 2.29 bits per heavy atom. The van der Waals surface area contributed by atoms with Gasteiger partial charge in [0, 0.05) is 7.05 Å². The Hall–Kier alpha value is -2.02. The van der Waals surface area contributed by atoms with Gasteiger partial charge in [0.15, 0.2) is 0 Å². The topological polar surface area (TPSA) is 62.1 Å². The summed E-state index contributed by atoms with van der Waals surface area (Å²) in [5, 5.41) is 11.6. The lowest BCUT2D eigenvalue weighted by molar-refractivity contribution is 0.0600. The van der Waals surface area contributed by atoms with Crippen LogP contribution in [0.3, 0.4) is 0 Å². The van der Waals surface area contributed by atoms with Crippen molar-refractivity contribution < 1.29 is 9.53 Å². The normalized spacial score (nSPS) is 8.93. The minimum atomic E-state index is -0.441. The van der Waals surface area contributed by atoms with Crippen LogP contribution in [-0.4, -0.2) is 20.1 Å². The van der Waals surface area contributed by atoms with Crippen molar-refractivity contribution in [3.05, 3.63) is 29.3 Å². The maximum atomic E-state index is 11.1. The fourth-order valence-electron chi connectivity index (χ4n) is 1.10. The first-order valence-corrected chi connectivity index (χ1v) is 4.03. The summed E-state index contributed by atoms with van der Waals surface area (Å²) in [6.45, 7) is 0. The second-order valence-corrected chi connectivity index (χ2v) is 2.61. The number of hydrogen-bond donors (Lipinski definition) is 1. The molecule has 0 atom stereocenters. The van der Waals surface area contributed by atoms with Crippen molar-refractivity contribution in [1.82, 2.24) is 0 Å². The number of ether oxygens (including phenoxy) is 1. The van der Waals surface area contributed by atoms with Gasteiger partial charge in [-0.25, -0.2) is 4.79 Å². The monoisotopic (exact) mass is 190 g/mol. The van der Waals surface area contributed by atoms with E-state index in [1.807, 2.05) is 6.07 Å². The van der Waals surface area contributed by atoms with E-state index in [0.29, 0.717) is 16.8 Å². The summed E-state index contributed by atoms with van der Waals surface area (Å²) in [5.74, 6) is -0.441. The van der Waals surface area contributed by atoms with Gasteiger partial charge in [-0.3, -0.25) is 0 Å². The van der Waals surface area contributed by atoms with Crippen LogP contribution in [0.5, 0.6) is 0 Å². The summed E-state index contributed by atoms with van der Waals surface area (Å²) in [5.41, 5.74) is 1.50. The molecule has 0 amide bonds. The molecule has 0 saturated carbocycles. The third kappa shape index (κ3) is 1.83. The molecule has 14 heavy (non-hydrogen) atoms. The zero-order valence-corrected chi connectivity index (χ0v) is 8.00. The largest absolute Gasteiger partial charge is 0.465 e. The molecule has 0 unspecified atom stereocenters. The molecule has 0 fully saturated rings. The summed E-state index contributed by atoms with van der Waals surface area (Å²) in [6, 6.07) is 6.77. The lowest BCUT2D eigenvalue weighted by Crippen LogP contribution is -2.02. The molecule has 4 nitrogen and oxygen atoms in total. The molecule has 4 heteroatoms. The van der Waals surface area contributed by atoms with Gasteiger partial charge in [-0.2, -0.15) is 5.26 Å². The highest BCUT2D eigenvalue weighted by atomic mass is 16.5. The van der Waals surface area contributed by atoms with Gasteiger partial charge in [-0.1, -0.05) is 0 Å². The number of nitrogens with zero attached hydrogens (tertiary/aromatic N) is 1. The van der Waals surface area contributed by atoms with Crippen LogP contribution in [0.25, 0.3) is 0 Å². The molecule has 0 radical (unpaired) electrons. The van der Waals surface area contributed by atoms with Gasteiger partial charge >= 0.3 is 5.97 Å². The van der Waals surface area contributed by atoms with Gasteiger partial charge < -0.3 is 10.1 Å². The maximum absolute atomic E-state index is 11.1. The van der Waals surface area contributed by atoms with Crippen LogP contribution in [0, 0.1) is 11.3 Å². The molecule has 1 N–H and O–H groups in total. The molecular formula is C10H10N2O2. The first kappa shape index (κ1) is 10.1. The molecule has 0 aliphatic carbocycles. The molecule has 1 aromatic carbocycles. The van der Waals surface area contributed by atoms with Crippen molar-refractivity contribution in [2.24, 2.45) is 0 Å². The molecule has 0 bridgehead atoms. The smallest absolute Gasteiger partial charge is 0.337 e. The van der Waals surface area contributed by atoms with Crippen LogP contribution in [0.4, 0.5) is 5.69 Å². The van der Waals surface area contributed by atoms with Gasteiger partial charge in [0.05, 0.1) is 23.9 Å². The van der Waals surface area contributed by atoms with Crippen LogP contribution in [0.1, 0.15) is 15.9 Å². The van der Waals surface area contributed by atoms with E-state index < -0.39 is 5.97 Å². The van der Waals surface area contributed by atoms with Crippen LogP contribution in [0.15, 0.2) is 18.2 Å². The molecule has 0 aromatic heterocycles. The summed E-state index contributed by atoms with van der Waals surface area (Å²) >= 11 is 0. The number of nitrogens with one attached hydrogen (secondary N) is 1. The van der Waals surface area contributed by atoms with Crippen molar-refractivity contribution in [3.8, 4) is 6.07 Å². The standard InChI is InChI=1S/C10H10N2O2/c1-12-9-4-3-7(10(13)14-2)5-8(9)6-11/h3-5,12H,1-2H3. The average molecular weight is 190 g/mol. The summed E-state index contributed by atoms with van der Waals surface area (Å²) < 4.78 is 4.54. The van der Waals surface area contributed by atoms with Crippen molar-refractivity contribution in [3.63, 3.8) is 0 Å². The lowest BCUT2D eigenvalue weighted by Gasteiger charge is -2.04. The highest BCUT2D eigenvalue weighted by Gasteiger charge is 2.08. The van der Waals surface area contributed by atoms with Crippen molar-refractivity contribution in [2.75, 3.05) is 19.5 Å². The minimum Gasteiger partial charge on any atom is -0.465 e. The van der Waals surface area contributed by atoms with Crippen LogP contribution < -0.4 is 5.32 Å². The SMILES string of the molecule is CNc1ccc(C(=O)OC)cc1C#N. The highest BCUT2D eigenvalue weighted by Crippen LogP contribution is 2.16. The number of rotatable bonds is 2. The van der Waals surface area contributed by atoms with E-state index in [1.54, 1.807) is 19.2 Å². The molecule has 0 heterocycles. The molecule has 72 valence electrons. The Labute approximate surface area is 82.1 Å². The van der Waals surface area contributed by atoms with E-state index in [2.05, 4.69) is 10.1 Å². The maximum Gasteiger partial charge on any atom is 0.337 e. The first-order valence-electron chi connectivity index (χ1n) is 4.03. The number of methoxy groups -OCH3 is 1. The quantitative estimate of drug-likeness (QED) is 0.716. The lowest BCUT2D eigenvalue weighted by atomic mass is 10.1. The van der Waals surface area contributed by atoms with E-state index in [1.165, 1.54) is 13.2 Å². The Balaban J connectivity index is 3.15. The van der Waals surface area contributed by atoms with E-state index in [-0.39, 0.29) is 0 Å². The third-order valence-electron chi connectivity index (χ3n) is 1.83. The average Bonchev–Trinajstić information content (AvgIpc) is 2.26. The van der Waals surface area contributed by atoms with E-state index >= 15 is 0 Å². The van der Waals surface area contributed by atoms with Crippen LogP contribution >= 0.6 is 0 Å². The molecular weight excluding hydrogens is 180 g/mol. The van der Waals surface area contributed by atoms with Gasteiger partial charge in [0.25, 0.3) is 0 Å². The van der Waals surface area contributed by atoms with E-state index in [4.69, 9.17) is 5.26 Å². The summed E-state index contributed by atoms with van der Waals surface area (Å²) in [7, 11) is 3.02. The number of carbonyl (C=O) groups excluding carboxylic acids is 1. The van der Waals surface area contributed by atoms with Gasteiger partial charge in [-0.15, -0.1) is 0 Å². The molecule has 1 aromatic rings. The molecule has 0 saturated heterocycles. The van der Waals surface area contributed by atoms with Crippen molar-refractivity contribution in [1.29, 1.82) is 5.26 Å². The number of esters is 1. The molecule has 0 aliphatic rings. The Morgan fingerprint density at radius 1 is 1.57 bits per heavy atom. The predicted octanol–water partition coefficient (Wildman–Crippen LogP) is 1.39. The van der Waals surface area contributed by atoms with E-state index in [9.17, 15) is 4.79 Å². The second kappa shape index (κ2) is 4.28.